The second-order valence-corrected chi connectivity index (χ2v) is 6.48. The predicted octanol–water partition coefficient (Wildman–Crippen LogP) is 5.32. The second-order valence-electron chi connectivity index (χ2n) is 6.04. The van der Waals surface area contributed by atoms with Gasteiger partial charge in [0.25, 0.3) is 0 Å². The lowest BCUT2D eigenvalue weighted by atomic mass is 10.0. The van der Waals surface area contributed by atoms with Crippen LogP contribution in [0.3, 0.4) is 0 Å². The Kier molecular flexibility index (Phi) is 6.10. The lowest BCUT2D eigenvalue weighted by molar-refractivity contribution is 0.183. The molecule has 0 aliphatic rings. The molecule has 0 saturated heterocycles. The molecule has 24 heavy (non-hydrogen) atoms. The first-order chi connectivity index (χ1) is 11.3. The van der Waals surface area contributed by atoms with Gasteiger partial charge in [-0.25, -0.2) is 4.79 Å². The van der Waals surface area contributed by atoms with Gasteiger partial charge in [-0.1, -0.05) is 43.6 Å². The van der Waals surface area contributed by atoms with E-state index in [1.165, 1.54) is 5.56 Å². The highest BCUT2D eigenvalue weighted by Crippen LogP contribution is 2.21. The Labute approximate surface area is 148 Å². The number of carbonyl (C=O) groups is 1. The third kappa shape index (κ3) is 5.17. The maximum atomic E-state index is 12.1. The Hall–Kier alpha value is -2.20. The van der Waals surface area contributed by atoms with E-state index in [4.69, 9.17) is 16.3 Å². The number of carbonyl (C=O) groups excluding carboxylic acids is 1. The quantitative estimate of drug-likeness (QED) is 0.720. The number of urea groups is 1. The normalized spacial score (nSPS) is 11.9. The summed E-state index contributed by atoms with van der Waals surface area (Å²) < 4.78 is 5.71. The van der Waals surface area contributed by atoms with Crippen LogP contribution in [0.25, 0.3) is 0 Å². The highest BCUT2D eigenvalue weighted by molar-refractivity contribution is 6.31. The molecular formula is C19H23ClN2O2. The van der Waals surface area contributed by atoms with E-state index < -0.39 is 6.23 Å². The average molecular weight is 347 g/mol. The predicted molar refractivity (Wildman–Crippen MR) is 99.0 cm³/mol. The molecule has 4 nitrogen and oxygen atoms in total. The number of amides is 2. The van der Waals surface area contributed by atoms with Gasteiger partial charge in [0.05, 0.1) is 0 Å². The van der Waals surface area contributed by atoms with Crippen LogP contribution in [0.1, 0.15) is 37.8 Å². The van der Waals surface area contributed by atoms with E-state index in [1.54, 1.807) is 19.1 Å². The van der Waals surface area contributed by atoms with Crippen molar-refractivity contribution in [1.82, 2.24) is 5.32 Å². The van der Waals surface area contributed by atoms with Crippen LogP contribution in [0, 0.1) is 6.92 Å². The van der Waals surface area contributed by atoms with Crippen LogP contribution in [0.2, 0.25) is 5.02 Å². The number of nitrogens with one attached hydrogen (secondary N) is 2. The summed E-state index contributed by atoms with van der Waals surface area (Å²) in [6, 6.07) is 12.9. The van der Waals surface area contributed by atoms with Crippen LogP contribution in [-0.4, -0.2) is 12.3 Å². The molecule has 0 bridgehead atoms. The fourth-order valence-corrected chi connectivity index (χ4v) is 2.41. The summed E-state index contributed by atoms with van der Waals surface area (Å²) in [5.74, 6) is 1.19. The first kappa shape index (κ1) is 18.1. The lowest BCUT2D eigenvalue weighted by Gasteiger charge is -2.18. The number of hydrogen-bond acceptors (Lipinski definition) is 2. The van der Waals surface area contributed by atoms with Gasteiger partial charge < -0.3 is 15.4 Å². The number of aryl methyl sites for hydroxylation is 1. The zero-order valence-corrected chi connectivity index (χ0v) is 15.1. The zero-order valence-electron chi connectivity index (χ0n) is 14.4. The molecule has 2 N–H and O–H groups in total. The Balaban J connectivity index is 1.90. The number of hydrogen-bond donors (Lipinski definition) is 2. The van der Waals surface area contributed by atoms with Crippen LogP contribution >= 0.6 is 11.6 Å². The van der Waals surface area contributed by atoms with Crippen molar-refractivity contribution in [2.24, 2.45) is 0 Å². The van der Waals surface area contributed by atoms with Crippen molar-refractivity contribution >= 4 is 23.3 Å². The topological polar surface area (TPSA) is 50.4 Å². The Bertz CT molecular complexity index is 699. The van der Waals surface area contributed by atoms with Gasteiger partial charge in [-0.05, 0) is 55.2 Å². The highest BCUT2D eigenvalue weighted by atomic mass is 35.5. The molecule has 5 heteroatoms. The average Bonchev–Trinajstić information content (AvgIpc) is 2.51. The maximum Gasteiger partial charge on any atom is 0.322 e. The number of anilines is 1. The van der Waals surface area contributed by atoms with Crippen molar-refractivity contribution in [3.05, 3.63) is 58.6 Å². The van der Waals surface area contributed by atoms with Crippen molar-refractivity contribution in [1.29, 1.82) is 0 Å². The van der Waals surface area contributed by atoms with Gasteiger partial charge in [0.1, 0.15) is 5.75 Å². The van der Waals surface area contributed by atoms with Gasteiger partial charge in [-0.15, -0.1) is 0 Å². The van der Waals surface area contributed by atoms with Crippen LogP contribution in [0.15, 0.2) is 42.5 Å². The van der Waals surface area contributed by atoms with E-state index in [-0.39, 0.29) is 6.03 Å². The molecule has 1 unspecified atom stereocenters. The first-order valence-electron chi connectivity index (χ1n) is 7.95. The van der Waals surface area contributed by atoms with Crippen molar-refractivity contribution < 1.29 is 9.53 Å². The van der Waals surface area contributed by atoms with Crippen molar-refractivity contribution in [3.8, 4) is 5.75 Å². The molecule has 0 radical (unpaired) electrons. The van der Waals surface area contributed by atoms with Crippen LogP contribution in [-0.2, 0) is 0 Å². The van der Waals surface area contributed by atoms with Crippen molar-refractivity contribution in [2.45, 2.75) is 39.8 Å². The number of rotatable bonds is 5. The zero-order chi connectivity index (χ0) is 17.7. The maximum absolute atomic E-state index is 12.1. The summed E-state index contributed by atoms with van der Waals surface area (Å²) in [7, 11) is 0. The fourth-order valence-electron chi connectivity index (χ4n) is 2.24. The van der Waals surface area contributed by atoms with E-state index in [2.05, 4.69) is 24.5 Å². The monoisotopic (exact) mass is 346 g/mol. The molecule has 0 fully saturated rings. The third-order valence-electron chi connectivity index (χ3n) is 3.64. The molecule has 0 aliphatic carbocycles. The van der Waals surface area contributed by atoms with E-state index in [1.807, 2.05) is 37.3 Å². The molecule has 0 heterocycles. The fraction of sp³-hybridized carbons (Fsp3) is 0.316. The molecule has 0 spiro atoms. The molecule has 2 aromatic rings. The van der Waals surface area contributed by atoms with Crippen LogP contribution in [0.4, 0.5) is 10.5 Å². The van der Waals surface area contributed by atoms with Gasteiger partial charge in [-0.3, -0.25) is 0 Å². The minimum Gasteiger partial charge on any atom is -0.471 e. The second kappa shape index (κ2) is 8.06. The van der Waals surface area contributed by atoms with Gasteiger partial charge >= 0.3 is 6.03 Å². The molecule has 2 amide bonds. The smallest absolute Gasteiger partial charge is 0.322 e. The van der Waals surface area contributed by atoms with Crippen LogP contribution in [0.5, 0.6) is 5.75 Å². The molecule has 0 saturated carbocycles. The first-order valence-corrected chi connectivity index (χ1v) is 8.33. The summed E-state index contributed by atoms with van der Waals surface area (Å²) in [6.07, 6.45) is -0.464. The van der Waals surface area contributed by atoms with Gasteiger partial charge in [0, 0.05) is 10.7 Å². The molecule has 2 rings (SSSR count). The number of benzene rings is 2. The summed E-state index contributed by atoms with van der Waals surface area (Å²) in [5.41, 5.74) is 2.86. The van der Waals surface area contributed by atoms with E-state index in [0.717, 1.165) is 5.56 Å². The third-order valence-corrected chi connectivity index (χ3v) is 3.88. The van der Waals surface area contributed by atoms with E-state index in [9.17, 15) is 4.79 Å². The molecule has 1 atom stereocenters. The Morgan fingerprint density at radius 2 is 1.75 bits per heavy atom. The van der Waals surface area contributed by atoms with Gasteiger partial charge in [0.15, 0.2) is 6.23 Å². The summed E-state index contributed by atoms with van der Waals surface area (Å²) in [4.78, 5) is 12.1. The summed E-state index contributed by atoms with van der Waals surface area (Å²) in [6.45, 7) is 7.97. The number of ether oxygens (including phenoxy) is 1. The molecule has 128 valence electrons. The SMILES string of the molecule is Cc1ccc(Cl)cc1NC(=O)NC(C)Oc1ccc(C(C)C)cc1. The van der Waals surface area contributed by atoms with Crippen molar-refractivity contribution in [3.63, 3.8) is 0 Å². The molecule has 0 aliphatic heterocycles. The van der Waals surface area contributed by atoms with Gasteiger partial charge in [0.2, 0.25) is 0 Å². The van der Waals surface area contributed by atoms with E-state index >= 15 is 0 Å². The molecule has 0 aromatic heterocycles. The molecule has 2 aromatic carbocycles. The van der Waals surface area contributed by atoms with Gasteiger partial charge in [-0.2, -0.15) is 0 Å². The lowest BCUT2D eigenvalue weighted by Crippen LogP contribution is -2.39. The Morgan fingerprint density at radius 3 is 2.38 bits per heavy atom. The standard InChI is InChI=1S/C19H23ClN2O2/c1-12(2)15-6-9-17(10-7-15)24-14(4)21-19(23)22-18-11-16(20)8-5-13(18)3/h5-12,14H,1-4H3,(H2,21,22,23). The minimum absolute atomic E-state index is 0.341. The largest absolute Gasteiger partial charge is 0.471 e. The summed E-state index contributed by atoms with van der Waals surface area (Å²) in [5, 5.41) is 6.10. The molecular weight excluding hydrogens is 324 g/mol. The highest BCUT2D eigenvalue weighted by Gasteiger charge is 2.10. The van der Waals surface area contributed by atoms with Crippen molar-refractivity contribution in [2.75, 3.05) is 5.32 Å². The van der Waals surface area contributed by atoms with Crippen LogP contribution < -0.4 is 15.4 Å². The summed E-state index contributed by atoms with van der Waals surface area (Å²) >= 11 is 5.95. The minimum atomic E-state index is -0.464. The van der Waals surface area contributed by atoms with E-state index in [0.29, 0.717) is 22.4 Å². The number of halogens is 1. The Morgan fingerprint density at radius 1 is 1.08 bits per heavy atom.